The first-order valence-electron chi connectivity index (χ1n) is 2.61. The Morgan fingerprint density at radius 3 is 2.10 bits per heavy atom. The summed E-state index contributed by atoms with van der Waals surface area (Å²) in [4.78, 5) is 0. The monoisotopic (exact) mass is 175 g/mol. The first-order chi connectivity index (χ1) is 3.92. The Kier molecular flexibility index (Phi) is 7.42. The van der Waals surface area contributed by atoms with Crippen LogP contribution >= 0.6 is 0 Å². The van der Waals surface area contributed by atoms with E-state index in [4.69, 9.17) is 5.73 Å². The minimum absolute atomic E-state index is 0. The Labute approximate surface area is 83.2 Å². The molecule has 2 N–H and O–H groups in total. The van der Waals surface area contributed by atoms with E-state index in [1.807, 2.05) is 0 Å². The topological polar surface area (TPSA) is 83.2 Å². The molecule has 0 aromatic carbocycles. The van der Waals surface area contributed by atoms with Gasteiger partial charge in [-0.2, -0.15) is 0 Å². The molecule has 0 spiro atoms. The van der Waals surface area contributed by atoms with E-state index in [0.717, 1.165) is 0 Å². The van der Waals surface area contributed by atoms with E-state index in [1.54, 1.807) is 6.92 Å². The first-order valence-corrected chi connectivity index (χ1v) is 4.18. The number of hydrogen-bond acceptors (Lipinski definition) is 4. The average molecular weight is 175 g/mol. The Morgan fingerprint density at radius 1 is 1.60 bits per heavy atom. The fourth-order valence-corrected chi connectivity index (χ4v) is 0.991. The van der Waals surface area contributed by atoms with Crippen LogP contribution in [0, 0.1) is 0 Å². The summed E-state index contributed by atoms with van der Waals surface area (Å²) >= 11 is 0. The van der Waals surface area contributed by atoms with Gasteiger partial charge in [-0.05, 0) is 13.3 Å². The fraction of sp³-hybridized carbons (Fsp3) is 1.00. The molecule has 4 nitrogen and oxygen atoms in total. The molecule has 56 valence electrons. The summed E-state index contributed by atoms with van der Waals surface area (Å²) < 4.78 is 29.8. The summed E-state index contributed by atoms with van der Waals surface area (Å²) in [5.74, 6) is -0.356. The first kappa shape index (κ1) is 13.5. The van der Waals surface area contributed by atoms with Crippen molar-refractivity contribution in [1.29, 1.82) is 0 Å². The van der Waals surface area contributed by atoms with Crippen molar-refractivity contribution in [3.63, 3.8) is 0 Å². The number of nitrogens with two attached hydrogens (primary N) is 1. The molecule has 1 atom stereocenters. The van der Waals surface area contributed by atoms with E-state index in [-0.39, 0.29) is 47.8 Å². The van der Waals surface area contributed by atoms with Crippen molar-refractivity contribution in [2.24, 2.45) is 5.73 Å². The van der Waals surface area contributed by atoms with Gasteiger partial charge in [-0.15, -0.1) is 0 Å². The molecule has 0 aliphatic heterocycles. The van der Waals surface area contributed by atoms with E-state index < -0.39 is 10.1 Å². The van der Waals surface area contributed by atoms with Crippen LogP contribution in [0.15, 0.2) is 0 Å². The normalized spacial score (nSPS) is 13.9. The van der Waals surface area contributed by atoms with Crippen molar-refractivity contribution >= 4 is 10.1 Å². The van der Waals surface area contributed by atoms with Gasteiger partial charge in [0.05, 0.1) is 10.1 Å². The van der Waals surface area contributed by atoms with E-state index in [2.05, 4.69) is 0 Å². The second-order valence-corrected chi connectivity index (χ2v) is 3.55. The van der Waals surface area contributed by atoms with Crippen LogP contribution in [0.1, 0.15) is 13.3 Å². The second kappa shape index (κ2) is 5.51. The maximum Gasteiger partial charge on any atom is 1.00 e. The molecule has 0 fully saturated rings. The van der Waals surface area contributed by atoms with Crippen LogP contribution in [0.25, 0.3) is 0 Å². The van der Waals surface area contributed by atoms with Crippen molar-refractivity contribution in [3.8, 4) is 0 Å². The summed E-state index contributed by atoms with van der Waals surface area (Å²) in [5.41, 5.74) is 5.20. The zero-order valence-corrected chi connectivity index (χ0v) is 9.02. The van der Waals surface area contributed by atoms with Crippen LogP contribution < -0.4 is 35.3 Å². The van der Waals surface area contributed by atoms with E-state index in [1.165, 1.54) is 0 Å². The summed E-state index contributed by atoms with van der Waals surface area (Å²) in [6.07, 6.45) is 0.242. The molecule has 0 aromatic heterocycles. The van der Waals surface area contributed by atoms with Crippen molar-refractivity contribution in [1.82, 2.24) is 0 Å². The fourth-order valence-electron chi connectivity index (χ4n) is 0.330. The predicted octanol–water partition coefficient (Wildman–Crippen LogP) is -3.73. The third kappa shape index (κ3) is 11.6. The van der Waals surface area contributed by atoms with Gasteiger partial charge >= 0.3 is 29.6 Å². The molecule has 0 saturated heterocycles. The largest absolute Gasteiger partial charge is 1.00 e. The maximum atomic E-state index is 9.92. The smallest absolute Gasteiger partial charge is 0.748 e. The average Bonchev–Trinajstić information content (AvgIpc) is 1.59. The van der Waals surface area contributed by atoms with Crippen molar-refractivity contribution in [3.05, 3.63) is 0 Å². The molecule has 6 heteroatoms. The zero-order valence-electron chi connectivity index (χ0n) is 6.20. The van der Waals surface area contributed by atoms with Crippen molar-refractivity contribution in [2.75, 3.05) is 5.75 Å². The predicted molar refractivity (Wildman–Crippen MR) is 32.8 cm³/mol. The van der Waals surface area contributed by atoms with Crippen LogP contribution in [0.2, 0.25) is 0 Å². The minimum atomic E-state index is -4.05. The van der Waals surface area contributed by atoms with Gasteiger partial charge in [0, 0.05) is 11.8 Å². The third-order valence-corrected chi connectivity index (χ3v) is 1.56. The minimum Gasteiger partial charge on any atom is -0.748 e. The van der Waals surface area contributed by atoms with Crippen LogP contribution in [0.3, 0.4) is 0 Å². The molecule has 0 heterocycles. The maximum absolute atomic E-state index is 9.92. The van der Waals surface area contributed by atoms with Crippen LogP contribution in [-0.2, 0) is 10.1 Å². The zero-order chi connectivity index (χ0) is 7.49. The number of hydrogen-bond donors (Lipinski definition) is 1. The molecule has 0 aliphatic rings. The van der Waals surface area contributed by atoms with Gasteiger partial charge in [-0.25, -0.2) is 8.42 Å². The van der Waals surface area contributed by atoms with Crippen molar-refractivity contribution in [2.45, 2.75) is 19.4 Å². The quantitative estimate of drug-likeness (QED) is 0.353. The SMILES string of the molecule is CC(N)CCS(=O)(=O)[O-].[Na+]. The second-order valence-electron chi connectivity index (χ2n) is 2.03. The summed E-state index contributed by atoms with van der Waals surface area (Å²) in [5, 5.41) is 0. The van der Waals surface area contributed by atoms with E-state index in [9.17, 15) is 13.0 Å². The summed E-state index contributed by atoms with van der Waals surface area (Å²) in [7, 11) is -4.05. The molecule has 0 aromatic rings. The molecule has 10 heavy (non-hydrogen) atoms. The molecule has 0 saturated carbocycles. The van der Waals surface area contributed by atoms with Gasteiger partial charge in [-0.1, -0.05) is 0 Å². The van der Waals surface area contributed by atoms with Gasteiger partial charge in [0.1, 0.15) is 0 Å². The van der Waals surface area contributed by atoms with Gasteiger partial charge in [0.15, 0.2) is 0 Å². The summed E-state index contributed by atoms with van der Waals surface area (Å²) in [6, 6.07) is -0.214. The third-order valence-electron chi connectivity index (χ3n) is 0.823. The molecule has 1 unspecified atom stereocenters. The van der Waals surface area contributed by atoms with Crippen LogP contribution in [-0.4, -0.2) is 24.8 Å². The van der Waals surface area contributed by atoms with E-state index >= 15 is 0 Å². The molecule has 0 radical (unpaired) electrons. The molecular weight excluding hydrogens is 165 g/mol. The van der Waals surface area contributed by atoms with Gasteiger partial charge in [0.25, 0.3) is 0 Å². The molecule has 0 rings (SSSR count). The standard InChI is InChI=1S/C4H11NO3S.Na/c1-4(5)2-3-9(6,7)8;/h4H,2-3,5H2,1H3,(H,6,7,8);/q;+1/p-1. The molecular formula is C4H10NNaO3S. The van der Waals surface area contributed by atoms with Gasteiger partial charge < -0.3 is 10.3 Å². The van der Waals surface area contributed by atoms with E-state index in [0.29, 0.717) is 0 Å². The Hall–Kier alpha value is 0.870. The Bertz CT molecular complexity index is 165. The van der Waals surface area contributed by atoms with Crippen molar-refractivity contribution < 1.29 is 42.5 Å². The van der Waals surface area contributed by atoms with Gasteiger partial charge in [0.2, 0.25) is 0 Å². The molecule has 0 aliphatic carbocycles. The van der Waals surface area contributed by atoms with Crippen LogP contribution in [0.5, 0.6) is 0 Å². The molecule has 0 bridgehead atoms. The summed E-state index contributed by atoms with van der Waals surface area (Å²) in [6.45, 7) is 1.66. The molecule has 0 amide bonds. The number of rotatable bonds is 3. The van der Waals surface area contributed by atoms with Crippen LogP contribution in [0.4, 0.5) is 0 Å². The van der Waals surface area contributed by atoms with Gasteiger partial charge in [-0.3, -0.25) is 0 Å². The Morgan fingerprint density at radius 2 is 2.00 bits per heavy atom. The Balaban J connectivity index is 0.